The number of rotatable bonds is 4. The third kappa shape index (κ3) is 1.85. The Labute approximate surface area is 127 Å². The quantitative estimate of drug-likeness (QED) is 0.560. The van der Waals surface area contributed by atoms with Crippen LogP contribution in [-0.2, 0) is 0 Å². The first-order chi connectivity index (χ1) is 10.7. The average molecular weight is 286 g/mol. The fourth-order valence-electron chi connectivity index (χ4n) is 2.66. The summed E-state index contributed by atoms with van der Waals surface area (Å²) in [5.74, 6) is 0. The predicted octanol–water partition coefficient (Wildman–Crippen LogP) is 4.06. The molecule has 2 N–H and O–H groups in total. The van der Waals surface area contributed by atoms with Gasteiger partial charge in [-0.05, 0) is 5.56 Å². The fraction of sp³-hybridized carbons (Fsp3) is 0. The van der Waals surface area contributed by atoms with Crippen molar-refractivity contribution in [1.82, 2.24) is 9.97 Å². The number of hydrogen-bond acceptors (Lipinski definition) is 4. The molecule has 0 aliphatic carbocycles. The maximum atomic E-state index is 7.61. The molecule has 4 nitrogen and oxygen atoms in total. The summed E-state index contributed by atoms with van der Waals surface area (Å²) in [5, 5.41) is 16.8. The van der Waals surface area contributed by atoms with E-state index in [0.29, 0.717) is 11.1 Å². The summed E-state index contributed by atoms with van der Waals surface area (Å²) in [6, 6.07) is 3.87. The Bertz CT molecular complexity index is 876. The molecule has 0 aliphatic rings. The van der Waals surface area contributed by atoms with Crippen LogP contribution < -0.4 is 0 Å². The van der Waals surface area contributed by atoms with Crippen LogP contribution in [0.15, 0.2) is 37.7 Å². The molecule has 0 saturated carbocycles. The molecule has 0 spiro atoms. The highest BCUT2D eigenvalue weighted by Gasteiger charge is 2.12. The van der Waals surface area contributed by atoms with Gasteiger partial charge in [0, 0.05) is 52.3 Å². The Balaban J connectivity index is 2.52. The largest absolute Gasteiger partial charge is 0.308 e. The van der Waals surface area contributed by atoms with Gasteiger partial charge in [0.1, 0.15) is 0 Å². The molecule has 0 fully saturated rings. The second kappa shape index (κ2) is 5.33. The van der Waals surface area contributed by atoms with E-state index < -0.39 is 0 Å². The third-order valence-electron chi connectivity index (χ3n) is 3.74. The zero-order valence-corrected chi connectivity index (χ0v) is 11.9. The molecule has 1 aromatic carbocycles. The van der Waals surface area contributed by atoms with Crippen molar-refractivity contribution in [1.29, 1.82) is 10.8 Å². The van der Waals surface area contributed by atoms with E-state index in [9.17, 15) is 0 Å². The van der Waals surface area contributed by atoms with Gasteiger partial charge in [-0.1, -0.05) is 37.4 Å². The Morgan fingerprint density at radius 3 is 1.86 bits per heavy atom. The van der Waals surface area contributed by atoms with Crippen LogP contribution >= 0.6 is 0 Å². The van der Waals surface area contributed by atoms with Gasteiger partial charge in [0.2, 0.25) is 0 Å². The molecule has 0 saturated heterocycles. The molecular weight excluding hydrogens is 272 g/mol. The summed E-state index contributed by atoms with van der Waals surface area (Å²) in [4.78, 5) is 8.95. The number of pyridine rings is 2. The average Bonchev–Trinajstić information content (AvgIpc) is 2.58. The van der Waals surface area contributed by atoms with Gasteiger partial charge in [0.05, 0.1) is 11.0 Å². The van der Waals surface area contributed by atoms with E-state index in [-0.39, 0.29) is 0 Å². The van der Waals surface area contributed by atoms with Crippen LogP contribution in [-0.4, -0.2) is 22.4 Å². The van der Waals surface area contributed by atoms with E-state index in [0.717, 1.165) is 32.9 Å². The summed E-state index contributed by atoms with van der Waals surface area (Å²) in [6.45, 7) is 7.67. The van der Waals surface area contributed by atoms with E-state index in [4.69, 9.17) is 10.8 Å². The highest BCUT2D eigenvalue weighted by Crippen LogP contribution is 2.29. The smallest absolute Gasteiger partial charge is 0.0971 e. The van der Waals surface area contributed by atoms with Crippen molar-refractivity contribution < 1.29 is 0 Å². The molecule has 0 atom stereocenters. The Hall–Kier alpha value is -3.14. The van der Waals surface area contributed by atoms with Gasteiger partial charge in [0.15, 0.2) is 0 Å². The first kappa shape index (κ1) is 13.8. The lowest BCUT2D eigenvalue weighted by molar-refractivity contribution is 1.35. The lowest BCUT2D eigenvalue weighted by atomic mass is 9.98. The number of benzene rings is 1. The van der Waals surface area contributed by atoms with Crippen LogP contribution in [0.1, 0.15) is 22.3 Å². The van der Waals surface area contributed by atoms with Gasteiger partial charge >= 0.3 is 0 Å². The SMILES string of the molecule is C=Cc1cnc2c(ccc3c(C=N)c(C=N)cnc32)c1C=C. The van der Waals surface area contributed by atoms with Crippen molar-refractivity contribution in [2.45, 2.75) is 0 Å². The zero-order chi connectivity index (χ0) is 15.7. The van der Waals surface area contributed by atoms with Crippen molar-refractivity contribution >= 4 is 46.4 Å². The number of hydrogen-bond donors (Lipinski definition) is 2. The fourth-order valence-corrected chi connectivity index (χ4v) is 2.66. The van der Waals surface area contributed by atoms with Crippen molar-refractivity contribution in [3.05, 3.63) is 59.9 Å². The normalized spacial score (nSPS) is 10.5. The van der Waals surface area contributed by atoms with E-state index in [2.05, 4.69) is 23.1 Å². The van der Waals surface area contributed by atoms with Crippen LogP contribution in [0.4, 0.5) is 0 Å². The van der Waals surface area contributed by atoms with E-state index in [1.54, 1.807) is 24.5 Å². The molecule has 0 amide bonds. The highest BCUT2D eigenvalue weighted by molar-refractivity contribution is 6.13. The van der Waals surface area contributed by atoms with Crippen molar-refractivity contribution in [3.8, 4) is 0 Å². The van der Waals surface area contributed by atoms with Gasteiger partial charge < -0.3 is 10.8 Å². The summed E-state index contributed by atoms with van der Waals surface area (Å²) in [7, 11) is 0. The Morgan fingerprint density at radius 2 is 1.36 bits per heavy atom. The van der Waals surface area contributed by atoms with Gasteiger partial charge in [-0.3, -0.25) is 9.97 Å². The molecule has 0 unspecified atom stereocenters. The molecule has 4 heteroatoms. The summed E-state index contributed by atoms with van der Waals surface area (Å²) < 4.78 is 0. The number of nitrogens with one attached hydrogen (secondary N) is 2. The van der Waals surface area contributed by atoms with Crippen LogP contribution in [0, 0.1) is 10.8 Å². The monoisotopic (exact) mass is 286 g/mol. The molecule has 3 aromatic rings. The standard InChI is InChI=1S/C18H14N4/c1-3-11-9-21-17-14(13(11)4-2)5-6-15-16(8-20)12(7-19)10-22-18(15)17/h3-10,19-20H,1-2H2. The van der Waals surface area contributed by atoms with E-state index >= 15 is 0 Å². The molecular formula is C18H14N4. The van der Waals surface area contributed by atoms with Gasteiger partial charge in [-0.25, -0.2) is 0 Å². The summed E-state index contributed by atoms with van der Waals surface area (Å²) >= 11 is 0. The topological polar surface area (TPSA) is 73.5 Å². The highest BCUT2D eigenvalue weighted by atomic mass is 14.7. The van der Waals surface area contributed by atoms with Crippen LogP contribution in [0.2, 0.25) is 0 Å². The van der Waals surface area contributed by atoms with Gasteiger partial charge in [-0.15, -0.1) is 0 Å². The second-order valence-corrected chi connectivity index (χ2v) is 4.81. The molecule has 2 heterocycles. The van der Waals surface area contributed by atoms with Crippen LogP contribution in [0.3, 0.4) is 0 Å². The maximum absolute atomic E-state index is 7.61. The maximum Gasteiger partial charge on any atom is 0.0971 e. The first-order valence-corrected chi connectivity index (χ1v) is 6.75. The molecule has 106 valence electrons. The van der Waals surface area contributed by atoms with Crippen LogP contribution in [0.25, 0.3) is 34.0 Å². The number of nitrogens with zero attached hydrogens (tertiary/aromatic N) is 2. The minimum Gasteiger partial charge on any atom is -0.308 e. The first-order valence-electron chi connectivity index (χ1n) is 6.75. The zero-order valence-electron chi connectivity index (χ0n) is 11.9. The summed E-state index contributed by atoms with van der Waals surface area (Å²) in [5.41, 5.74) is 4.67. The van der Waals surface area contributed by atoms with Crippen molar-refractivity contribution in [2.24, 2.45) is 0 Å². The van der Waals surface area contributed by atoms with Gasteiger partial charge in [-0.2, -0.15) is 0 Å². The lowest BCUT2D eigenvalue weighted by Crippen LogP contribution is -1.97. The van der Waals surface area contributed by atoms with Crippen molar-refractivity contribution in [3.63, 3.8) is 0 Å². The molecule has 0 bridgehead atoms. The molecule has 2 aromatic heterocycles. The van der Waals surface area contributed by atoms with Gasteiger partial charge in [0.25, 0.3) is 0 Å². The molecule has 0 radical (unpaired) electrons. The number of fused-ring (bicyclic) bond motifs is 3. The predicted molar refractivity (Wildman–Crippen MR) is 93.0 cm³/mol. The van der Waals surface area contributed by atoms with E-state index in [1.807, 2.05) is 12.1 Å². The third-order valence-corrected chi connectivity index (χ3v) is 3.74. The lowest BCUT2D eigenvalue weighted by Gasteiger charge is -2.10. The van der Waals surface area contributed by atoms with Crippen molar-refractivity contribution in [2.75, 3.05) is 0 Å². The minimum absolute atomic E-state index is 0.619. The molecule has 22 heavy (non-hydrogen) atoms. The summed E-state index contributed by atoms with van der Waals surface area (Å²) in [6.07, 6.45) is 9.36. The second-order valence-electron chi connectivity index (χ2n) is 4.81. The Kier molecular flexibility index (Phi) is 3.35. The molecule has 3 rings (SSSR count). The molecule has 0 aliphatic heterocycles. The van der Waals surface area contributed by atoms with Crippen LogP contribution in [0.5, 0.6) is 0 Å². The Morgan fingerprint density at radius 1 is 0.773 bits per heavy atom. The van der Waals surface area contributed by atoms with E-state index in [1.165, 1.54) is 12.4 Å². The minimum atomic E-state index is 0.619. The number of aromatic nitrogens is 2.